The van der Waals surface area contributed by atoms with Crippen molar-refractivity contribution in [2.75, 3.05) is 11.9 Å². The maximum atomic E-state index is 13.5. The average molecular weight is 332 g/mol. The molecule has 24 heavy (non-hydrogen) atoms. The molecule has 0 aliphatic carbocycles. The van der Waals surface area contributed by atoms with Crippen LogP contribution in [0.2, 0.25) is 0 Å². The zero-order valence-corrected chi connectivity index (χ0v) is 13.3. The number of rotatable bonds is 6. The number of nitrogens with one attached hydrogen (secondary N) is 1. The first kappa shape index (κ1) is 17.6. The Morgan fingerprint density at radius 1 is 1.00 bits per heavy atom. The number of halogens is 2. The smallest absolute Gasteiger partial charge is 0.233 e. The average Bonchev–Trinajstić information content (AvgIpc) is 2.57. The minimum Gasteiger partial charge on any atom is -0.338 e. The van der Waals surface area contributed by atoms with Gasteiger partial charge in [-0.05, 0) is 24.6 Å². The second-order valence-electron chi connectivity index (χ2n) is 5.22. The van der Waals surface area contributed by atoms with Crippen molar-refractivity contribution in [1.82, 2.24) is 4.90 Å². The molecule has 0 spiro atoms. The third-order valence-corrected chi connectivity index (χ3v) is 3.49. The molecule has 0 atom stereocenters. The van der Waals surface area contributed by atoms with Gasteiger partial charge >= 0.3 is 0 Å². The van der Waals surface area contributed by atoms with Gasteiger partial charge in [-0.1, -0.05) is 36.4 Å². The Balaban J connectivity index is 1.98. The molecule has 0 saturated heterocycles. The molecule has 126 valence electrons. The van der Waals surface area contributed by atoms with E-state index in [0.29, 0.717) is 13.1 Å². The van der Waals surface area contributed by atoms with Crippen LogP contribution in [-0.2, 0) is 16.1 Å². The molecule has 0 heterocycles. The van der Waals surface area contributed by atoms with Crippen LogP contribution in [0.25, 0.3) is 0 Å². The fourth-order valence-corrected chi connectivity index (χ4v) is 2.23. The van der Waals surface area contributed by atoms with Crippen LogP contribution < -0.4 is 5.32 Å². The van der Waals surface area contributed by atoms with Gasteiger partial charge in [0.1, 0.15) is 23.7 Å². The molecule has 2 rings (SSSR count). The number of benzene rings is 2. The second kappa shape index (κ2) is 8.19. The van der Waals surface area contributed by atoms with Gasteiger partial charge in [0, 0.05) is 13.1 Å². The predicted molar refractivity (Wildman–Crippen MR) is 87.1 cm³/mol. The second-order valence-corrected chi connectivity index (χ2v) is 5.22. The van der Waals surface area contributed by atoms with E-state index in [1.54, 1.807) is 6.92 Å². The summed E-state index contributed by atoms with van der Waals surface area (Å²) >= 11 is 0. The number of amides is 2. The fourth-order valence-electron chi connectivity index (χ4n) is 2.23. The van der Waals surface area contributed by atoms with Crippen LogP contribution in [0.1, 0.15) is 18.9 Å². The van der Waals surface area contributed by atoms with Gasteiger partial charge in [-0.15, -0.1) is 0 Å². The standard InChI is InChI=1S/C18H18F2N2O2/c1-2-22(12-13-7-4-3-5-8-13)17(24)11-16(23)21-18-14(19)9-6-10-15(18)20/h3-10H,2,11-12H2,1H3,(H,21,23). The van der Waals surface area contributed by atoms with Crippen LogP contribution in [0, 0.1) is 11.6 Å². The third kappa shape index (κ3) is 4.62. The van der Waals surface area contributed by atoms with E-state index in [-0.39, 0.29) is 0 Å². The van der Waals surface area contributed by atoms with Crippen molar-refractivity contribution in [3.05, 3.63) is 65.7 Å². The van der Waals surface area contributed by atoms with Crippen molar-refractivity contribution in [3.63, 3.8) is 0 Å². The van der Waals surface area contributed by atoms with Crippen LogP contribution in [0.4, 0.5) is 14.5 Å². The molecule has 0 aliphatic heterocycles. The third-order valence-electron chi connectivity index (χ3n) is 3.49. The van der Waals surface area contributed by atoms with Gasteiger partial charge in [-0.25, -0.2) is 8.78 Å². The predicted octanol–water partition coefficient (Wildman–Crippen LogP) is 3.34. The first-order valence-corrected chi connectivity index (χ1v) is 7.56. The zero-order valence-electron chi connectivity index (χ0n) is 13.3. The Labute approximate surface area is 139 Å². The molecule has 2 amide bonds. The van der Waals surface area contributed by atoms with Gasteiger partial charge in [0.2, 0.25) is 11.8 Å². The van der Waals surface area contributed by atoms with Crippen molar-refractivity contribution in [3.8, 4) is 0 Å². The van der Waals surface area contributed by atoms with Gasteiger partial charge in [0.15, 0.2) is 0 Å². The molecular weight excluding hydrogens is 314 g/mol. The summed E-state index contributed by atoms with van der Waals surface area (Å²) in [6.45, 7) is 2.60. The van der Waals surface area contributed by atoms with Crippen LogP contribution in [-0.4, -0.2) is 23.3 Å². The van der Waals surface area contributed by atoms with Crippen LogP contribution in [0.3, 0.4) is 0 Å². The van der Waals surface area contributed by atoms with Crippen molar-refractivity contribution in [2.45, 2.75) is 19.9 Å². The highest BCUT2D eigenvalue weighted by Crippen LogP contribution is 2.18. The van der Waals surface area contributed by atoms with E-state index in [9.17, 15) is 18.4 Å². The van der Waals surface area contributed by atoms with Gasteiger partial charge in [-0.2, -0.15) is 0 Å². The summed E-state index contributed by atoms with van der Waals surface area (Å²) in [5.41, 5.74) is 0.398. The number of nitrogens with zero attached hydrogens (tertiary/aromatic N) is 1. The number of hydrogen-bond donors (Lipinski definition) is 1. The molecular formula is C18H18F2N2O2. The summed E-state index contributed by atoms with van der Waals surface area (Å²) < 4.78 is 27.0. The summed E-state index contributed by atoms with van der Waals surface area (Å²) in [5, 5.41) is 2.12. The molecule has 4 nitrogen and oxygen atoms in total. The van der Waals surface area contributed by atoms with Gasteiger partial charge < -0.3 is 10.2 Å². The summed E-state index contributed by atoms with van der Waals surface area (Å²) in [5.74, 6) is -2.93. The molecule has 0 unspecified atom stereocenters. The molecule has 1 N–H and O–H groups in total. The van der Waals surface area contributed by atoms with Crippen molar-refractivity contribution >= 4 is 17.5 Å². The quantitative estimate of drug-likeness (QED) is 0.825. The summed E-state index contributed by atoms with van der Waals surface area (Å²) in [7, 11) is 0. The maximum absolute atomic E-state index is 13.5. The first-order valence-electron chi connectivity index (χ1n) is 7.56. The Morgan fingerprint density at radius 2 is 1.62 bits per heavy atom. The zero-order chi connectivity index (χ0) is 17.5. The van der Waals surface area contributed by atoms with Gasteiger partial charge in [-0.3, -0.25) is 9.59 Å². The van der Waals surface area contributed by atoms with E-state index >= 15 is 0 Å². The largest absolute Gasteiger partial charge is 0.338 e. The molecule has 0 saturated carbocycles. The molecule has 0 bridgehead atoms. The topological polar surface area (TPSA) is 49.4 Å². The van der Waals surface area contributed by atoms with Crippen molar-refractivity contribution in [1.29, 1.82) is 0 Å². The van der Waals surface area contributed by atoms with Crippen LogP contribution in [0.5, 0.6) is 0 Å². The number of anilines is 1. The molecule has 0 aromatic heterocycles. The molecule has 6 heteroatoms. The van der Waals surface area contributed by atoms with E-state index in [4.69, 9.17) is 0 Å². The number of carbonyl (C=O) groups excluding carboxylic acids is 2. The SMILES string of the molecule is CCN(Cc1ccccc1)C(=O)CC(=O)Nc1c(F)cccc1F. The fraction of sp³-hybridized carbons (Fsp3) is 0.222. The Kier molecular flexibility index (Phi) is 6.01. The number of para-hydroxylation sites is 1. The Bertz CT molecular complexity index is 700. The van der Waals surface area contributed by atoms with Crippen LogP contribution in [0.15, 0.2) is 48.5 Å². The highest BCUT2D eigenvalue weighted by Gasteiger charge is 2.18. The highest BCUT2D eigenvalue weighted by atomic mass is 19.1. The lowest BCUT2D eigenvalue weighted by Crippen LogP contribution is -2.33. The molecule has 2 aromatic rings. The molecule has 0 aliphatic rings. The summed E-state index contributed by atoms with van der Waals surface area (Å²) in [6, 6.07) is 12.6. The lowest BCUT2D eigenvalue weighted by Gasteiger charge is -2.21. The first-order chi connectivity index (χ1) is 11.5. The Hall–Kier alpha value is -2.76. The highest BCUT2D eigenvalue weighted by molar-refractivity contribution is 6.03. The van der Waals surface area contributed by atoms with Crippen molar-refractivity contribution < 1.29 is 18.4 Å². The molecule has 0 radical (unpaired) electrons. The van der Waals surface area contributed by atoms with E-state index < -0.39 is 35.6 Å². The minimum atomic E-state index is -0.882. The lowest BCUT2D eigenvalue weighted by atomic mass is 10.2. The maximum Gasteiger partial charge on any atom is 0.233 e. The minimum absolute atomic E-state index is 0.373. The van der Waals surface area contributed by atoms with Gasteiger partial charge in [0.05, 0.1) is 0 Å². The van der Waals surface area contributed by atoms with E-state index in [2.05, 4.69) is 5.32 Å². The van der Waals surface area contributed by atoms with Crippen molar-refractivity contribution in [2.24, 2.45) is 0 Å². The van der Waals surface area contributed by atoms with E-state index in [0.717, 1.165) is 17.7 Å². The number of carbonyl (C=O) groups is 2. The molecule has 2 aromatic carbocycles. The van der Waals surface area contributed by atoms with Gasteiger partial charge in [0.25, 0.3) is 0 Å². The molecule has 0 fully saturated rings. The lowest BCUT2D eigenvalue weighted by molar-refractivity contribution is -0.134. The normalized spacial score (nSPS) is 10.3. The monoisotopic (exact) mass is 332 g/mol. The van der Waals surface area contributed by atoms with E-state index in [1.165, 1.54) is 11.0 Å². The summed E-state index contributed by atoms with van der Waals surface area (Å²) in [6.07, 6.45) is -0.478. The summed E-state index contributed by atoms with van der Waals surface area (Å²) in [4.78, 5) is 25.6. The van der Waals surface area contributed by atoms with Crippen LogP contribution >= 0.6 is 0 Å². The Morgan fingerprint density at radius 3 is 2.21 bits per heavy atom. The number of hydrogen-bond acceptors (Lipinski definition) is 2. The van der Waals surface area contributed by atoms with E-state index in [1.807, 2.05) is 30.3 Å².